The van der Waals surface area contributed by atoms with Crippen molar-refractivity contribution in [2.24, 2.45) is 17.8 Å². The Morgan fingerprint density at radius 1 is 0.925 bits per heavy atom. The van der Waals surface area contributed by atoms with Gasteiger partial charge >= 0.3 is 5.97 Å². The van der Waals surface area contributed by atoms with E-state index in [1.807, 2.05) is 83.9 Å². The molecule has 0 unspecified atom stereocenters. The van der Waals surface area contributed by atoms with Gasteiger partial charge in [-0.15, -0.1) is 0 Å². The van der Waals surface area contributed by atoms with Crippen LogP contribution in [0.3, 0.4) is 0 Å². The topological polar surface area (TPSA) is 158 Å². The zero-order valence-electron chi connectivity index (χ0n) is 33.8. The van der Waals surface area contributed by atoms with Gasteiger partial charge in [0.1, 0.15) is 12.1 Å². The van der Waals surface area contributed by atoms with Gasteiger partial charge in [-0.2, -0.15) is 0 Å². The van der Waals surface area contributed by atoms with Crippen LogP contribution in [0.1, 0.15) is 72.8 Å². The van der Waals surface area contributed by atoms with Crippen LogP contribution in [0, 0.1) is 17.8 Å². The molecule has 3 N–H and O–H groups in total. The van der Waals surface area contributed by atoms with Crippen molar-refractivity contribution in [2.75, 3.05) is 41.9 Å². The maximum Gasteiger partial charge on any atom is 0.326 e. The van der Waals surface area contributed by atoms with Crippen LogP contribution in [0.15, 0.2) is 42.5 Å². The fourth-order valence-electron chi connectivity index (χ4n) is 7.49. The highest BCUT2D eigenvalue weighted by atomic mass is 16.5. The third kappa shape index (κ3) is 12.1. The van der Waals surface area contributed by atoms with Gasteiger partial charge in [-0.05, 0) is 50.8 Å². The smallest absolute Gasteiger partial charge is 0.326 e. The van der Waals surface area contributed by atoms with Gasteiger partial charge in [0, 0.05) is 34.2 Å². The normalized spacial score (nSPS) is 18.5. The van der Waals surface area contributed by atoms with Crippen molar-refractivity contribution in [2.45, 2.75) is 116 Å². The van der Waals surface area contributed by atoms with E-state index in [1.54, 1.807) is 23.8 Å². The second kappa shape index (κ2) is 21.2. The van der Waals surface area contributed by atoms with Crippen LogP contribution in [-0.4, -0.2) is 134 Å². The second-order valence-corrected chi connectivity index (χ2v) is 15.1. The third-order valence-corrected chi connectivity index (χ3v) is 10.4. The van der Waals surface area contributed by atoms with E-state index in [0.29, 0.717) is 31.4 Å². The summed E-state index contributed by atoms with van der Waals surface area (Å²) in [5.74, 6) is -3.37. The van der Waals surface area contributed by atoms with Gasteiger partial charge in [-0.3, -0.25) is 24.1 Å². The van der Waals surface area contributed by atoms with Gasteiger partial charge in [-0.25, -0.2) is 4.79 Å². The molecular weight excluding hydrogens is 678 g/mol. The average molecular weight is 744 g/mol. The van der Waals surface area contributed by atoms with Crippen LogP contribution < -0.4 is 10.6 Å². The van der Waals surface area contributed by atoms with E-state index in [0.717, 1.165) is 5.56 Å². The summed E-state index contributed by atoms with van der Waals surface area (Å²) in [5.41, 5.74) is 1.48. The lowest BCUT2D eigenvalue weighted by Gasteiger charge is -2.39. The Morgan fingerprint density at radius 3 is 2.04 bits per heavy atom. The molecule has 1 aromatic carbocycles. The first-order valence-electron chi connectivity index (χ1n) is 18.7. The Hall–Kier alpha value is -3.81. The van der Waals surface area contributed by atoms with E-state index in [-0.39, 0.29) is 42.4 Å². The molecule has 0 aromatic heterocycles. The number of ether oxygens (including phenoxy) is 2. The number of aliphatic carboxylic acids is 1. The van der Waals surface area contributed by atoms with E-state index in [4.69, 9.17) is 9.47 Å². The van der Waals surface area contributed by atoms with Crippen molar-refractivity contribution >= 4 is 29.6 Å². The molecule has 0 radical (unpaired) electrons. The lowest BCUT2D eigenvalue weighted by atomic mass is 9.92. The summed E-state index contributed by atoms with van der Waals surface area (Å²) in [4.78, 5) is 72.3. The minimum atomic E-state index is -1.14. The number of methoxy groups -OCH3 is 2. The Labute approximate surface area is 316 Å². The molecule has 1 aromatic rings. The fraction of sp³-hybridized carbons (Fsp3) is 0.675. The number of hydrogen-bond donors (Lipinski definition) is 3. The highest BCUT2D eigenvalue weighted by Crippen LogP contribution is 2.29. The lowest BCUT2D eigenvalue weighted by Crippen LogP contribution is -2.59. The van der Waals surface area contributed by atoms with Gasteiger partial charge < -0.3 is 35.0 Å². The van der Waals surface area contributed by atoms with Crippen molar-refractivity contribution in [3.05, 3.63) is 48.0 Å². The molecule has 1 saturated heterocycles. The molecule has 4 amide bonds. The highest BCUT2D eigenvalue weighted by molar-refractivity contribution is 5.90. The minimum absolute atomic E-state index is 0.0212. The summed E-state index contributed by atoms with van der Waals surface area (Å²) in [7, 11) is 8.31. The summed E-state index contributed by atoms with van der Waals surface area (Å²) >= 11 is 0. The molecule has 1 heterocycles. The van der Waals surface area contributed by atoms with E-state index < -0.39 is 60.2 Å². The van der Waals surface area contributed by atoms with E-state index in [9.17, 15) is 29.1 Å². The number of nitrogens with zero attached hydrogens (tertiary/aromatic N) is 3. The van der Waals surface area contributed by atoms with Crippen LogP contribution in [-0.2, 0) is 39.9 Å². The van der Waals surface area contributed by atoms with Gasteiger partial charge in [0.15, 0.2) is 0 Å². The molecule has 298 valence electrons. The average Bonchev–Trinajstić information content (AvgIpc) is 3.59. The molecule has 53 heavy (non-hydrogen) atoms. The highest BCUT2D eigenvalue weighted by Gasteiger charge is 2.43. The zero-order valence-corrected chi connectivity index (χ0v) is 33.8. The van der Waals surface area contributed by atoms with Gasteiger partial charge in [-0.1, -0.05) is 84.0 Å². The number of carbonyl (C=O) groups excluding carboxylic acids is 4. The Bertz CT molecular complexity index is 1380. The Balaban J connectivity index is 2.28. The Kier molecular flexibility index (Phi) is 18.1. The molecule has 1 fully saturated rings. The van der Waals surface area contributed by atoms with Crippen LogP contribution in [0.5, 0.6) is 0 Å². The summed E-state index contributed by atoms with van der Waals surface area (Å²) in [6, 6.07) is 5.58. The molecule has 1 aliphatic rings. The number of nitrogens with one attached hydrogen (secondary N) is 2. The number of carboxylic acids is 1. The number of hydrogen-bond acceptors (Lipinski definition) is 8. The number of benzene rings is 1. The fourth-order valence-corrected chi connectivity index (χ4v) is 7.49. The molecule has 13 nitrogen and oxygen atoms in total. The quantitative estimate of drug-likeness (QED) is 0.161. The number of carbonyl (C=O) groups is 5. The van der Waals surface area contributed by atoms with Gasteiger partial charge in [0.25, 0.3) is 0 Å². The molecule has 1 aliphatic heterocycles. The maximum atomic E-state index is 14.2. The SMILES string of the molecule is C=C(CC)[C@@H]([C@@H](CC(=O)N1CCC[C@H]1[C@H](OC)[C@@H](C)C(=O)N[C@@H](Cc1ccccc1)C(=O)O)OC)N(C)C(=O)[C@@H](NC(=O)[C@H](C(C)C)N(C)C)C(C)C. The second-order valence-electron chi connectivity index (χ2n) is 15.1. The summed E-state index contributed by atoms with van der Waals surface area (Å²) < 4.78 is 11.8. The zero-order chi connectivity index (χ0) is 40.2. The molecule has 0 spiro atoms. The van der Waals surface area contributed by atoms with Crippen molar-refractivity contribution in [1.82, 2.24) is 25.3 Å². The number of carboxylic acid groups (broad SMARTS) is 1. The van der Waals surface area contributed by atoms with E-state index in [1.165, 1.54) is 14.2 Å². The van der Waals surface area contributed by atoms with Gasteiger partial charge in [0.2, 0.25) is 23.6 Å². The molecular formula is C40H65N5O8. The van der Waals surface area contributed by atoms with Crippen molar-refractivity contribution in [3.63, 3.8) is 0 Å². The minimum Gasteiger partial charge on any atom is -0.480 e. The predicted octanol–water partition coefficient (Wildman–Crippen LogP) is 3.37. The largest absolute Gasteiger partial charge is 0.480 e. The van der Waals surface area contributed by atoms with E-state index in [2.05, 4.69) is 17.2 Å². The number of rotatable bonds is 21. The van der Waals surface area contributed by atoms with Crippen molar-refractivity contribution in [3.8, 4) is 0 Å². The van der Waals surface area contributed by atoms with Crippen LogP contribution in [0.2, 0.25) is 0 Å². The Morgan fingerprint density at radius 2 is 1.55 bits per heavy atom. The maximum absolute atomic E-state index is 14.2. The van der Waals surface area contributed by atoms with Crippen molar-refractivity contribution in [1.29, 1.82) is 0 Å². The number of likely N-dealkylation sites (tertiary alicyclic amines) is 1. The van der Waals surface area contributed by atoms with E-state index >= 15 is 0 Å². The van der Waals surface area contributed by atoms with Crippen LogP contribution in [0.4, 0.5) is 0 Å². The van der Waals surface area contributed by atoms with Crippen LogP contribution in [0.25, 0.3) is 0 Å². The van der Waals surface area contributed by atoms with Crippen LogP contribution >= 0.6 is 0 Å². The first kappa shape index (κ1) is 45.3. The predicted molar refractivity (Wildman–Crippen MR) is 205 cm³/mol. The first-order valence-corrected chi connectivity index (χ1v) is 18.7. The lowest BCUT2D eigenvalue weighted by molar-refractivity contribution is -0.146. The summed E-state index contributed by atoms with van der Waals surface area (Å²) in [5, 5.41) is 15.5. The number of likely N-dealkylation sites (N-methyl/N-ethyl adjacent to an activating group) is 2. The summed E-state index contributed by atoms with van der Waals surface area (Å²) in [6.45, 7) is 16.0. The molecule has 0 bridgehead atoms. The number of amides is 4. The standard InChI is InChI=1S/C40H65N5O8/c1-13-26(6)35(44(10)39(49)33(24(2)3)42-38(48)34(25(4)5)43(8)9)31(52-11)23-32(46)45-21-17-20-30(45)36(53-12)27(7)37(47)41-29(40(50)51)22-28-18-15-14-16-19-28/h14-16,18-19,24-25,27,29-31,33-36H,6,13,17,20-23H2,1-5,7-12H3,(H,41,47)(H,42,48)(H,50,51)/t27-,29+,30+,31-,33+,34+,35+,36-/m1/s1. The molecule has 2 rings (SSSR count). The molecule has 8 atom stereocenters. The van der Waals surface area contributed by atoms with Crippen molar-refractivity contribution < 1.29 is 38.6 Å². The molecule has 0 aliphatic carbocycles. The molecule has 13 heteroatoms. The first-order chi connectivity index (χ1) is 24.9. The third-order valence-electron chi connectivity index (χ3n) is 10.4. The summed E-state index contributed by atoms with van der Waals surface area (Å²) in [6.07, 6.45) is 0.405. The molecule has 0 saturated carbocycles. The van der Waals surface area contributed by atoms with Gasteiger partial charge in [0.05, 0.1) is 42.7 Å². The monoisotopic (exact) mass is 743 g/mol.